The van der Waals surface area contributed by atoms with Gasteiger partial charge < -0.3 is 9.64 Å². The molecule has 2 atom stereocenters. The number of hydrogen-bond donors (Lipinski definition) is 1. The quantitative estimate of drug-likeness (QED) is 0.867. The van der Waals surface area contributed by atoms with E-state index in [1.54, 1.807) is 23.3 Å². The Morgan fingerprint density at radius 1 is 1.54 bits per heavy atom. The van der Waals surface area contributed by atoms with Crippen molar-refractivity contribution in [2.24, 2.45) is 0 Å². The van der Waals surface area contributed by atoms with Crippen LogP contribution in [0.2, 0.25) is 0 Å². The zero-order valence-corrected chi connectivity index (χ0v) is 14.5. The number of nitrogens with one attached hydrogen (secondary N) is 1. The van der Waals surface area contributed by atoms with Gasteiger partial charge in [0.05, 0.1) is 31.8 Å². The lowest BCUT2D eigenvalue weighted by atomic mass is 10.1. The van der Waals surface area contributed by atoms with E-state index in [1.807, 2.05) is 11.4 Å². The van der Waals surface area contributed by atoms with E-state index in [0.29, 0.717) is 19.8 Å². The minimum absolute atomic E-state index is 0.0739. The second kappa shape index (κ2) is 7.43. The Kier molecular flexibility index (Phi) is 5.49. The first kappa shape index (κ1) is 17.7. The first-order valence-corrected chi connectivity index (χ1v) is 9.06. The minimum atomic E-state index is -2.79. The molecule has 2 aliphatic rings. The fraction of sp³-hybridized carbons (Fsp3) is 0.688. The van der Waals surface area contributed by atoms with Crippen LogP contribution in [0, 0.1) is 0 Å². The largest absolute Gasteiger partial charge is 0.379 e. The third kappa shape index (κ3) is 4.11. The van der Waals surface area contributed by atoms with Crippen molar-refractivity contribution in [3.63, 3.8) is 0 Å². The molecule has 1 aromatic heterocycles. The molecule has 5 nitrogen and oxygen atoms in total. The summed E-state index contributed by atoms with van der Waals surface area (Å²) < 4.78 is 32.1. The maximum absolute atomic E-state index is 13.3. The molecule has 134 valence electrons. The fourth-order valence-electron chi connectivity index (χ4n) is 3.26. The molecule has 1 N–H and O–H groups in total. The van der Waals surface area contributed by atoms with Crippen LogP contribution in [0.1, 0.15) is 17.3 Å². The van der Waals surface area contributed by atoms with E-state index < -0.39 is 24.9 Å². The van der Waals surface area contributed by atoms with Crippen LogP contribution in [-0.4, -0.2) is 74.1 Å². The summed E-state index contributed by atoms with van der Waals surface area (Å²) in [6, 6.07) is 3.34. The van der Waals surface area contributed by atoms with E-state index in [-0.39, 0.29) is 11.9 Å². The molecule has 0 aliphatic carbocycles. The maximum Gasteiger partial charge on any atom is 0.262 e. The molecular weight excluding hydrogens is 336 g/mol. The Hall–Kier alpha value is -1.09. The van der Waals surface area contributed by atoms with Gasteiger partial charge in [-0.3, -0.25) is 15.0 Å². The third-order valence-electron chi connectivity index (χ3n) is 4.59. The highest BCUT2D eigenvalue weighted by Gasteiger charge is 2.43. The van der Waals surface area contributed by atoms with Crippen LogP contribution in [-0.2, 0) is 9.53 Å². The number of carbonyl (C=O) groups is 1. The molecule has 3 heterocycles. The topological polar surface area (TPSA) is 44.8 Å². The van der Waals surface area contributed by atoms with Crippen molar-refractivity contribution in [1.29, 1.82) is 0 Å². The lowest BCUT2D eigenvalue weighted by molar-refractivity contribution is -0.133. The average molecular weight is 359 g/mol. The average Bonchev–Trinajstić information content (AvgIpc) is 3.22. The first-order valence-electron chi connectivity index (χ1n) is 8.18. The minimum Gasteiger partial charge on any atom is -0.379 e. The number of likely N-dealkylation sites (N-methyl/N-ethyl adjacent to an activating group) is 1. The molecule has 2 unspecified atom stereocenters. The van der Waals surface area contributed by atoms with Gasteiger partial charge in [-0.15, -0.1) is 11.3 Å². The molecule has 2 fully saturated rings. The van der Waals surface area contributed by atoms with E-state index in [1.165, 1.54) is 4.88 Å². The second-order valence-electron chi connectivity index (χ2n) is 6.39. The van der Waals surface area contributed by atoms with Crippen LogP contribution in [0.3, 0.4) is 0 Å². The van der Waals surface area contributed by atoms with Crippen molar-refractivity contribution in [3.05, 3.63) is 22.4 Å². The smallest absolute Gasteiger partial charge is 0.262 e. The van der Waals surface area contributed by atoms with Crippen LogP contribution in [0.4, 0.5) is 8.78 Å². The number of alkyl halides is 2. The number of morpholine rings is 1. The van der Waals surface area contributed by atoms with Gasteiger partial charge in [0.1, 0.15) is 0 Å². The molecular formula is C16H23F2N3O2S. The molecule has 2 saturated heterocycles. The summed E-state index contributed by atoms with van der Waals surface area (Å²) in [5, 5.41) is 4.66. The predicted octanol–water partition coefficient (Wildman–Crippen LogP) is 1.58. The molecule has 2 aliphatic heterocycles. The van der Waals surface area contributed by atoms with Gasteiger partial charge in [-0.25, -0.2) is 8.78 Å². The summed E-state index contributed by atoms with van der Waals surface area (Å²) in [6.07, 6.45) is -0.419. The Bertz CT molecular complexity index is 550. The SMILES string of the molecule is CN(CC(c1cccs1)N1CCOCC1)C(=O)C1CC(F)(F)CN1. The van der Waals surface area contributed by atoms with Gasteiger partial charge in [-0.05, 0) is 11.4 Å². The van der Waals surface area contributed by atoms with E-state index >= 15 is 0 Å². The van der Waals surface area contributed by atoms with Gasteiger partial charge in [-0.2, -0.15) is 0 Å². The maximum atomic E-state index is 13.3. The number of rotatable bonds is 5. The van der Waals surface area contributed by atoms with E-state index in [2.05, 4.69) is 16.3 Å². The Morgan fingerprint density at radius 2 is 2.29 bits per heavy atom. The number of nitrogens with zero attached hydrogens (tertiary/aromatic N) is 2. The second-order valence-corrected chi connectivity index (χ2v) is 7.37. The molecule has 1 aromatic rings. The highest BCUT2D eigenvalue weighted by atomic mass is 32.1. The van der Waals surface area contributed by atoms with Crippen LogP contribution < -0.4 is 5.32 Å². The van der Waals surface area contributed by atoms with Crippen LogP contribution in [0.25, 0.3) is 0 Å². The monoisotopic (exact) mass is 359 g/mol. The molecule has 0 saturated carbocycles. The lowest BCUT2D eigenvalue weighted by Crippen LogP contribution is -2.47. The normalized spacial score (nSPS) is 25.5. The predicted molar refractivity (Wildman–Crippen MR) is 88.4 cm³/mol. The fourth-order valence-corrected chi connectivity index (χ4v) is 4.11. The Labute approximate surface area is 144 Å². The van der Waals surface area contributed by atoms with Crippen LogP contribution in [0.5, 0.6) is 0 Å². The summed E-state index contributed by atoms with van der Waals surface area (Å²) >= 11 is 1.65. The standard InChI is InChI=1S/C16H23F2N3O2S/c1-20(15(22)12-9-16(17,18)11-19-12)10-13(14-3-2-8-24-14)21-4-6-23-7-5-21/h2-3,8,12-13,19H,4-7,9-11H2,1H3. The summed E-state index contributed by atoms with van der Waals surface area (Å²) in [4.78, 5) is 17.6. The number of ether oxygens (including phenoxy) is 1. The number of hydrogen-bond acceptors (Lipinski definition) is 5. The molecule has 8 heteroatoms. The Balaban J connectivity index is 1.66. The van der Waals surface area contributed by atoms with E-state index in [9.17, 15) is 13.6 Å². The van der Waals surface area contributed by atoms with Gasteiger partial charge in [0.15, 0.2) is 0 Å². The number of carbonyl (C=O) groups excluding carboxylic acids is 1. The molecule has 0 radical (unpaired) electrons. The number of halogens is 2. The highest BCUT2D eigenvalue weighted by Crippen LogP contribution is 2.29. The van der Waals surface area contributed by atoms with E-state index in [4.69, 9.17) is 4.74 Å². The zero-order valence-electron chi connectivity index (χ0n) is 13.7. The van der Waals surface area contributed by atoms with Crippen molar-refractivity contribution in [2.45, 2.75) is 24.4 Å². The molecule has 3 rings (SSSR count). The molecule has 0 spiro atoms. The first-order chi connectivity index (χ1) is 11.5. The molecule has 0 bridgehead atoms. The van der Waals surface area contributed by atoms with Crippen molar-refractivity contribution >= 4 is 17.2 Å². The summed E-state index contributed by atoms with van der Waals surface area (Å²) in [5.41, 5.74) is 0. The van der Waals surface area contributed by atoms with Gasteiger partial charge >= 0.3 is 0 Å². The zero-order chi connectivity index (χ0) is 17.2. The van der Waals surface area contributed by atoms with E-state index in [0.717, 1.165) is 13.1 Å². The summed E-state index contributed by atoms with van der Waals surface area (Å²) in [6.45, 7) is 3.04. The molecule has 24 heavy (non-hydrogen) atoms. The van der Waals surface area contributed by atoms with Crippen molar-refractivity contribution in [2.75, 3.05) is 46.4 Å². The number of thiophene rings is 1. The highest BCUT2D eigenvalue weighted by molar-refractivity contribution is 7.10. The number of amides is 1. The summed E-state index contributed by atoms with van der Waals surface area (Å²) in [5.74, 6) is -3.06. The van der Waals surface area contributed by atoms with Crippen molar-refractivity contribution in [1.82, 2.24) is 15.1 Å². The third-order valence-corrected chi connectivity index (χ3v) is 5.56. The summed E-state index contributed by atoms with van der Waals surface area (Å²) in [7, 11) is 1.70. The lowest BCUT2D eigenvalue weighted by Gasteiger charge is -2.36. The van der Waals surface area contributed by atoms with Crippen molar-refractivity contribution < 1.29 is 18.3 Å². The van der Waals surface area contributed by atoms with Gasteiger partial charge in [0, 0.05) is 38.0 Å². The molecule has 0 aromatic carbocycles. The van der Waals surface area contributed by atoms with Gasteiger partial charge in [-0.1, -0.05) is 6.07 Å². The van der Waals surface area contributed by atoms with Crippen LogP contribution >= 0.6 is 11.3 Å². The van der Waals surface area contributed by atoms with Gasteiger partial charge in [0.25, 0.3) is 5.92 Å². The molecule has 1 amide bonds. The van der Waals surface area contributed by atoms with Gasteiger partial charge in [0.2, 0.25) is 5.91 Å². The van der Waals surface area contributed by atoms with Crippen LogP contribution in [0.15, 0.2) is 17.5 Å². The van der Waals surface area contributed by atoms with Crippen molar-refractivity contribution in [3.8, 4) is 0 Å². The Morgan fingerprint density at radius 3 is 2.88 bits per heavy atom.